The minimum Gasteiger partial charge on any atom is -0.493 e. The summed E-state index contributed by atoms with van der Waals surface area (Å²) in [7, 11) is 0. The average molecular weight is 385 g/mol. The Balaban J connectivity index is 1.95. The van der Waals surface area contributed by atoms with Gasteiger partial charge in [-0.2, -0.15) is 0 Å². The third-order valence-corrected chi connectivity index (χ3v) is 5.68. The van der Waals surface area contributed by atoms with Gasteiger partial charge in [-0.05, 0) is 42.3 Å². The largest absolute Gasteiger partial charge is 0.493 e. The van der Waals surface area contributed by atoms with Crippen LogP contribution < -0.4 is 4.74 Å². The van der Waals surface area contributed by atoms with Gasteiger partial charge < -0.3 is 14.7 Å². The molecule has 1 spiro atoms. The van der Waals surface area contributed by atoms with Gasteiger partial charge in [-0.3, -0.25) is 4.79 Å². The molecule has 0 fully saturated rings. The zero-order valence-electron chi connectivity index (χ0n) is 15.5. The normalized spacial score (nSPS) is 23.4. The molecule has 28 heavy (non-hydrogen) atoms. The lowest BCUT2D eigenvalue weighted by Gasteiger charge is -2.47. The minimum absolute atomic E-state index is 0.0683. The average Bonchev–Trinajstić information content (AvgIpc) is 3.08. The number of hydrogen-bond donors (Lipinski definition) is 1. The Bertz CT molecular complexity index is 959. The molecular formula is C22H21F2NO3. The lowest BCUT2D eigenvalue weighted by Crippen LogP contribution is -2.53. The molecule has 1 N–H and O–H groups in total. The van der Waals surface area contributed by atoms with Crippen molar-refractivity contribution >= 4 is 11.5 Å². The van der Waals surface area contributed by atoms with Crippen LogP contribution in [0.3, 0.4) is 0 Å². The summed E-state index contributed by atoms with van der Waals surface area (Å²) in [5, 5.41) is 9.61. The number of halogens is 2. The summed E-state index contributed by atoms with van der Waals surface area (Å²) in [6.45, 7) is 1.87. The van der Waals surface area contributed by atoms with Crippen molar-refractivity contribution in [3.05, 3.63) is 71.3 Å². The topological polar surface area (TPSA) is 49.8 Å². The van der Waals surface area contributed by atoms with Crippen LogP contribution in [0.5, 0.6) is 5.75 Å². The molecule has 2 unspecified atom stereocenters. The number of carbonyl (C=O) groups excluding carboxylic acids is 1. The first-order chi connectivity index (χ1) is 13.5. The minimum atomic E-state index is -0.877. The van der Waals surface area contributed by atoms with Crippen LogP contribution in [-0.2, 0) is 10.3 Å². The molecule has 0 aromatic heterocycles. The van der Waals surface area contributed by atoms with E-state index in [0.717, 1.165) is 23.8 Å². The number of hydrogen-bond acceptors (Lipinski definition) is 3. The summed E-state index contributed by atoms with van der Waals surface area (Å²) < 4.78 is 34.1. The quantitative estimate of drug-likeness (QED) is 0.880. The van der Waals surface area contributed by atoms with E-state index in [1.807, 2.05) is 30.3 Å². The number of fused-ring (bicyclic) bond motifs is 2. The first kappa shape index (κ1) is 18.6. The zero-order chi connectivity index (χ0) is 19.9. The highest BCUT2D eigenvalue weighted by Gasteiger charge is 2.52. The molecule has 0 aliphatic carbocycles. The molecule has 2 heterocycles. The van der Waals surface area contributed by atoms with Crippen LogP contribution in [0, 0.1) is 17.6 Å². The fraction of sp³-hybridized carbons (Fsp3) is 0.318. The van der Waals surface area contributed by atoms with E-state index in [4.69, 9.17) is 4.74 Å². The summed E-state index contributed by atoms with van der Waals surface area (Å²) >= 11 is 0. The lowest BCUT2D eigenvalue weighted by molar-refractivity contribution is -0.135. The highest BCUT2D eigenvalue weighted by atomic mass is 19.1. The van der Waals surface area contributed by atoms with Crippen LogP contribution in [0.4, 0.5) is 8.78 Å². The van der Waals surface area contributed by atoms with Crippen molar-refractivity contribution < 1.29 is 23.4 Å². The molecule has 4 nitrogen and oxygen atoms in total. The Hall–Kier alpha value is -2.73. The van der Waals surface area contributed by atoms with E-state index in [2.05, 4.69) is 0 Å². The van der Waals surface area contributed by atoms with Crippen molar-refractivity contribution in [3.8, 4) is 5.75 Å². The van der Waals surface area contributed by atoms with Crippen LogP contribution in [0.2, 0.25) is 0 Å². The number of benzene rings is 2. The van der Waals surface area contributed by atoms with E-state index < -0.39 is 17.2 Å². The Morgan fingerprint density at radius 3 is 2.82 bits per heavy atom. The summed E-state index contributed by atoms with van der Waals surface area (Å²) in [4.78, 5) is 14.3. The van der Waals surface area contributed by atoms with Gasteiger partial charge in [-0.25, -0.2) is 8.78 Å². The van der Waals surface area contributed by atoms with Gasteiger partial charge in [0, 0.05) is 37.1 Å². The maximum absolute atomic E-state index is 14.5. The van der Waals surface area contributed by atoms with Gasteiger partial charge in [0.15, 0.2) is 0 Å². The number of aliphatic hydroxyl groups is 1. The van der Waals surface area contributed by atoms with Gasteiger partial charge in [0.05, 0.1) is 12.1 Å². The van der Waals surface area contributed by atoms with Gasteiger partial charge in [-0.15, -0.1) is 0 Å². The van der Waals surface area contributed by atoms with Gasteiger partial charge in [0.2, 0.25) is 5.91 Å². The molecule has 2 atom stereocenters. The second-order valence-electron chi connectivity index (χ2n) is 7.24. The second kappa shape index (κ2) is 7.02. The molecule has 0 bridgehead atoms. The van der Waals surface area contributed by atoms with Crippen LogP contribution in [0.15, 0.2) is 48.5 Å². The molecule has 146 valence electrons. The molecule has 6 heteroatoms. The molecule has 2 aromatic rings. The summed E-state index contributed by atoms with van der Waals surface area (Å²) in [5.74, 6) is -0.813. The highest BCUT2D eigenvalue weighted by molar-refractivity contribution is 5.83. The van der Waals surface area contributed by atoms with Gasteiger partial charge in [0.1, 0.15) is 17.4 Å². The third kappa shape index (κ3) is 2.79. The number of nitrogens with zero attached hydrogens (tertiary/aromatic N) is 1. The third-order valence-electron chi connectivity index (χ3n) is 5.68. The lowest BCUT2D eigenvalue weighted by atomic mass is 9.74. The number of amides is 1. The summed E-state index contributed by atoms with van der Waals surface area (Å²) in [5.41, 5.74) is 0.612. The highest BCUT2D eigenvalue weighted by Crippen LogP contribution is 2.51. The number of para-hydroxylation sites is 1. The molecular weight excluding hydrogens is 364 g/mol. The van der Waals surface area contributed by atoms with Gasteiger partial charge >= 0.3 is 0 Å². The molecule has 2 aliphatic heterocycles. The standard InChI is InChI=1S/C22H21F2NO3/c1-14(27)25-12-15(18-10-17(23)6-7-20(18)24)11-22(25)16(8-9-26)13-28-21-5-3-2-4-19(21)22/h2-7,10-11,16,26H,8-9,12-13H2,1H3. The molecule has 4 rings (SSSR count). The number of carbonyl (C=O) groups is 1. The van der Waals surface area contributed by atoms with E-state index in [1.165, 1.54) is 6.92 Å². The van der Waals surface area contributed by atoms with E-state index in [0.29, 0.717) is 24.4 Å². The zero-order valence-corrected chi connectivity index (χ0v) is 15.5. The predicted molar refractivity (Wildman–Crippen MR) is 101 cm³/mol. The van der Waals surface area contributed by atoms with E-state index in [1.54, 1.807) is 4.90 Å². The summed E-state index contributed by atoms with van der Waals surface area (Å²) in [6.07, 6.45) is 2.27. The Kier molecular flexibility index (Phi) is 4.67. The molecule has 0 saturated heterocycles. The Morgan fingerprint density at radius 1 is 1.29 bits per heavy atom. The Morgan fingerprint density at radius 2 is 2.07 bits per heavy atom. The van der Waals surface area contributed by atoms with Crippen LogP contribution in [-0.4, -0.2) is 35.7 Å². The first-order valence-corrected chi connectivity index (χ1v) is 9.26. The molecule has 0 saturated carbocycles. The predicted octanol–water partition coefficient (Wildman–Crippen LogP) is 3.50. The van der Waals surface area contributed by atoms with Crippen LogP contribution >= 0.6 is 0 Å². The van der Waals surface area contributed by atoms with Gasteiger partial charge in [0.25, 0.3) is 0 Å². The van der Waals surface area contributed by atoms with E-state index in [9.17, 15) is 18.7 Å². The molecule has 1 amide bonds. The maximum atomic E-state index is 14.5. The van der Waals surface area contributed by atoms with E-state index in [-0.39, 0.29) is 30.5 Å². The van der Waals surface area contributed by atoms with Crippen molar-refractivity contribution in [2.45, 2.75) is 18.9 Å². The van der Waals surface area contributed by atoms with E-state index >= 15 is 0 Å². The SMILES string of the molecule is CC(=O)N1CC(c2cc(F)ccc2F)=CC12c1ccccc1OCC2CCO. The van der Waals surface area contributed by atoms with Crippen molar-refractivity contribution in [2.75, 3.05) is 19.8 Å². The van der Waals surface area contributed by atoms with Crippen LogP contribution in [0.25, 0.3) is 5.57 Å². The Labute approximate surface area is 162 Å². The first-order valence-electron chi connectivity index (χ1n) is 9.26. The number of ether oxygens (including phenoxy) is 1. The van der Waals surface area contributed by atoms with Crippen molar-refractivity contribution in [3.63, 3.8) is 0 Å². The number of aliphatic hydroxyl groups excluding tert-OH is 1. The monoisotopic (exact) mass is 385 g/mol. The number of rotatable bonds is 3. The molecule has 2 aromatic carbocycles. The van der Waals surface area contributed by atoms with Crippen molar-refractivity contribution in [2.24, 2.45) is 5.92 Å². The second-order valence-corrected chi connectivity index (χ2v) is 7.24. The maximum Gasteiger partial charge on any atom is 0.220 e. The molecule has 2 aliphatic rings. The van der Waals surface area contributed by atoms with Crippen molar-refractivity contribution in [1.29, 1.82) is 0 Å². The fourth-order valence-electron chi connectivity index (χ4n) is 4.45. The molecule has 0 radical (unpaired) electrons. The van der Waals surface area contributed by atoms with Crippen molar-refractivity contribution in [1.82, 2.24) is 4.90 Å². The van der Waals surface area contributed by atoms with Gasteiger partial charge in [-0.1, -0.05) is 18.2 Å². The fourth-order valence-corrected chi connectivity index (χ4v) is 4.45. The summed E-state index contributed by atoms with van der Waals surface area (Å²) in [6, 6.07) is 10.8. The smallest absolute Gasteiger partial charge is 0.220 e. The van der Waals surface area contributed by atoms with Crippen LogP contribution in [0.1, 0.15) is 24.5 Å².